The standard InChI is InChI=1S/C13H19N5/c1-3-10-6-4-5-7-11(10)12(17-14)8-13-15-9-16-18(13)2/h4-7,9,12,17H,3,8,14H2,1-2H3. The minimum atomic E-state index is 0.0593. The van der Waals surface area contributed by atoms with E-state index in [1.807, 2.05) is 13.1 Å². The Balaban J connectivity index is 2.25. The van der Waals surface area contributed by atoms with E-state index in [1.165, 1.54) is 11.1 Å². The Morgan fingerprint density at radius 1 is 1.39 bits per heavy atom. The van der Waals surface area contributed by atoms with E-state index in [-0.39, 0.29) is 6.04 Å². The number of aromatic nitrogens is 3. The van der Waals surface area contributed by atoms with E-state index >= 15 is 0 Å². The van der Waals surface area contributed by atoms with Crippen molar-refractivity contribution >= 4 is 0 Å². The highest BCUT2D eigenvalue weighted by molar-refractivity contribution is 5.30. The lowest BCUT2D eigenvalue weighted by molar-refractivity contribution is 0.520. The molecule has 1 aromatic carbocycles. The van der Waals surface area contributed by atoms with Gasteiger partial charge in [-0.25, -0.2) is 4.98 Å². The number of hydrogen-bond donors (Lipinski definition) is 2. The third-order valence-electron chi connectivity index (χ3n) is 3.20. The quantitative estimate of drug-likeness (QED) is 0.612. The molecule has 0 saturated heterocycles. The number of hydrazine groups is 1. The first-order valence-corrected chi connectivity index (χ1v) is 6.13. The number of nitrogens with zero attached hydrogens (tertiary/aromatic N) is 3. The monoisotopic (exact) mass is 245 g/mol. The SMILES string of the molecule is CCc1ccccc1C(Cc1ncnn1C)NN. The second-order valence-electron chi connectivity index (χ2n) is 4.28. The van der Waals surface area contributed by atoms with Crippen molar-refractivity contribution in [3.05, 3.63) is 47.5 Å². The number of nitrogens with two attached hydrogens (primary N) is 1. The summed E-state index contributed by atoms with van der Waals surface area (Å²) in [5.41, 5.74) is 5.41. The molecule has 3 N–H and O–H groups in total. The third-order valence-corrected chi connectivity index (χ3v) is 3.20. The maximum absolute atomic E-state index is 5.69. The van der Waals surface area contributed by atoms with Crippen molar-refractivity contribution in [2.24, 2.45) is 12.9 Å². The summed E-state index contributed by atoms with van der Waals surface area (Å²) < 4.78 is 1.78. The first kappa shape index (κ1) is 12.7. The van der Waals surface area contributed by atoms with Crippen LogP contribution in [0.2, 0.25) is 0 Å². The Labute approximate surface area is 107 Å². The smallest absolute Gasteiger partial charge is 0.138 e. The van der Waals surface area contributed by atoms with Gasteiger partial charge in [0.25, 0.3) is 0 Å². The Kier molecular flexibility index (Phi) is 4.07. The first-order chi connectivity index (χ1) is 8.76. The lowest BCUT2D eigenvalue weighted by Crippen LogP contribution is -2.31. The molecule has 1 unspecified atom stereocenters. The molecule has 0 aliphatic carbocycles. The van der Waals surface area contributed by atoms with Crippen LogP contribution in [-0.4, -0.2) is 14.8 Å². The van der Waals surface area contributed by atoms with Crippen molar-refractivity contribution in [3.8, 4) is 0 Å². The van der Waals surface area contributed by atoms with Crippen LogP contribution in [0.4, 0.5) is 0 Å². The molecule has 18 heavy (non-hydrogen) atoms. The second-order valence-corrected chi connectivity index (χ2v) is 4.28. The van der Waals surface area contributed by atoms with Crippen LogP contribution in [0, 0.1) is 0 Å². The van der Waals surface area contributed by atoms with Gasteiger partial charge in [-0.1, -0.05) is 31.2 Å². The summed E-state index contributed by atoms with van der Waals surface area (Å²) >= 11 is 0. The molecule has 0 amide bonds. The van der Waals surface area contributed by atoms with Crippen LogP contribution in [-0.2, 0) is 19.9 Å². The molecule has 0 fully saturated rings. The van der Waals surface area contributed by atoms with E-state index in [1.54, 1.807) is 11.0 Å². The molecule has 1 heterocycles. The predicted molar refractivity (Wildman–Crippen MR) is 70.6 cm³/mol. The van der Waals surface area contributed by atoms with Crippen LogP contribution in [0.5, 0.6) is 0 Å². The van der Waals surface area contributed by atoms with Crippen molar-refractivity contribution in [2.45, 2.75) is 25.8 Å². The molecule has 0 saturated carbocycles. The highest BCUT2D eigenvalue weighted by Gasteiger charge is 2.15. The van der Waals surface area contributed by atoms with E-state index < -0.39 is 0 Å². The van der Waals surface area contributed by atoms with E-state index in [9.17, 15) is 0 Å². The number of hydrogen-bond acceptors (Lipinski definition) is 4. The summed E-state index contributed by atoms with van der Waals surface area (Å²) in [4.78, 5) is 4.24. The average molecular weight is 245 g/mol. The maximum atomic E-state index is 5.69. The Morgan fingerprint density at radius 2 is 2.17 bits per heavy atom. The van der Waals surface area contributed by atoms with Gasteiger partial charge >= 0.3 is 0 Å². The van der Waals surface area contributed by atoms with Crippen LogP contribution in [0.25, 0.3) is 0 Å². The Hall–Kier alpha value is -1.72. The molecule has 1 aromatic heterocycles. The minimum Gasteiger partial charge on any atom is -0.271 e. The van der Waals surface area contributed by atoms with Gasteiger partial charge in [-0.05, 0) is 17.5 Å². The van der Waals surface area contributed by atoms with Crippen molar-refractivity contribution in [1.29, 1.82) is 0 Å². The Morgan fingerprint density at radius 3 is 2.78 bits per heavy atom. The molecule has 2 aromatic rings. The lowest BCUT2D eigenvalue weighted by atomic mass is 9.96. The number of nitrogens with one attached hydrogen (secondary N) is 1. The zero-order valence-corrected chi connectivity index (χ0v) is 10.8. The number of benzene rings is 1. The fourth-order valence-electron chi connectivity index (χ4n) is 2.14. The van der Waals surface area contributed by atoms with Crippen molar-refractivity contribution in [3.63, 3.8) is 0 Å². The van der Waals surface area contributed by atoms with Crippen molar-refractivity contribution in [1.82, 2.24) is 20.2 Å². The summed E-state index contributed by atoms with van der Waals surface area (Å²) in [7, 11) is 1.89. The minimum absolute atomic E-state index is 0.0593. The first-order valence-electron chi connectivity index (χ1n) is 6.13. The van der Waals surface area contributed by atoms with Crippen LogP contribution in [0.3, 0.4) is 0 Å². The summed E-state index contributed by atoms with van der Waals surface area (Å²) in [6.45, 7) is 2.15. The summed E-state index contributed by atoms with van der Waals surface area (Å²) in [6.07, 6.45) is 3.28. The topological polar surface area (TPSA) is 68.8 Å². The molecule has 0 aliphatic rings. The highest BCUT2D eigenvalue weighted by Crippen LogP contribution is 2.21. The van der Waals surface area contributed by atoms with Gasteiger partial charge in [0, 0.05) is 13.5 Å². The van der Waals surface area contributed by atoms with Gasteiger partial charge in [0.05, 0.1) is 6.04 Å². The van der Waals surface area contributed by atoms with Crippen LogP contribution < -0.4 is 11.3 Å². The second kappa shape index (κ2) is 5.75. The van der Waals surface area contributed by atoms with E-state index in [0.29, 0.717) is 0 Å². The predicted octanol–water partition coefficient (Wildman–Crippen LogP) is 1.12. The number of aryl methyl sites for hydroxylation is 2. The van der Waals surface area contributed by atoms with Gasteiger partial charge in [0.15, 0.2) is 0 Å². The average Bonchev–Trinajstić information content (AvgIpc) is 2.81. The zero-order valence-electron chi connectivity index (χ0n) is 10.8. The molecular formula is C13H19N5. The third kappa shape index (κ3) is 2.57. The van der Waals surface area contributed by atoms with Gasteiger partial charge in [0.1, 0.15) is 12.2 Å². The molecule has 5 heteroatoms. The molecule has 96 valence electrons. The van der Waals surface area contributed by atoms with E-state index in [0.717, 1.165) is 18.7 Å². The lowest BCUT2D eigenvalue weighted by Gasteiger charge is -2.18. The largest absolute Gasteiger partial charge is 0.271 e. The van der Waals surface area contributed by atoms with E-state index in [4.69, 9.17) is 5.84 Å². The van der Waals surface area contributed by atoms with Crippen molar-refractivity contribution in [2.75, 3.05) is 0 Å². The molecule has 5 nitrogen and oxygen atoms in total. The van der Waals surface area contributed by atoms with Gasteiger partial charge in [-0.15, -0.1) is 0 Å². The van der Waals surface area contributed by atoms with E-state index in [2.05, 4.69) is 40.6 Å². The fourth-order valence-corrected chi connectivity index (χ4v) is 2.14. The molecule has 2 rings (SSSR count). The summed E-state index contributed by atoms with van der Waals surface area (Å²) in [5, 5.41) is 4.08. The maximum Gasteiger partial charge on any atom is 0.138 e. The van der Waals surface area contributed by atoms with Crippen LogP contribution in [0.15, 0.2) is 30.6 Å². The number of rotatable bonds is 5. The van der Waals surface area contributed by atoms with Gasteiger partial charge in [-0.3, -0.25) is 16.0 Å². The van der Waals surface area contributed by atoms with Crippen LogP contribution in [0.1, 0.15) is 29.9 Å². The summed E-state index contributed by atoms with van der Waals surface area (Å²) in [6, 6.07) is 8.40. The van der Waals surface area contributed by atoms with Gasteiger partial charge < -0.3 is 0 Å². The van der Waals surface area contributed by atoms with Crippen molar-refractivity contribution < 1.29 is 0 Å². The van der Waals surface area contributed by atoms with Gasteiger partial charge in [-0.2, -0.15) is 5.10 Å². The molecule has 0 radical (unpaired) electrons. The fraction of sp³-hybridized carbons (Fsp3) is 0.385. The van der Waals surface area contributed by atoms with Gasteiger partial charge in [0.2, 0.25) is 0 Å². The molecule has 0 bridgehead atoms. The molecule has 1 atom stereocenters. The summed E-state index contributed by atoms with van der Waals surface area (Å²) in [5.74, 6) is 6.61. The molecule has 0 spiro atoms. The Bertz CT molecular complexity index is 506. The normalized spacial score (nSPS) is 12.6. The van der Waals surface area contributed by atoms with Crippen LogP contribution >= 0.6 is 0 Å². The molecular weight excluding hydrogens is 226 g/mol. The zero-order chi connectivity index (χ0) is 13.0. The molecule has 0 aliphatic heterocycles. The highest BCUT2D eigenvalue weighted by atomic mass is 15.3.